The lowest BCUT2D eigenvalue weighted by Gasteiger charge is -2.38. The van der Waals surface area contributed by atoms with Gasteiger partial charge in [-0.05, 0) is 38.4 Å². The summed E-state index contributed by atoms with van der Waals surface area (Å²) in [6.45, 7) is 6.80. The van der Waals surface area contributed by atoms with Crippen LogP contribution in [0.25, 0.3) is 0 Å². The predicted octanol–water partition coefficient (Wildman–Crippen LogP) is 2.17. The van der Waals surface area contributed by atoms with E-state index in [4.69, 9.17) is 0 Å². The average Bonchev–Trinajstić information content (AvgIpc) is 2.50. The number of carbonyl (C=O) groups is 1. The Bertz CT molecular complexity index is 539. The standard InChI is InChI=1S/C18H28N2O2S/c1-15(14-23(3)22)19-17(21)18(2)9-11-20(12-10-18)13-16-7-5-4-6-8-16/h4-8,15H,9-14H2,1-3H3,(H,19,21)/t15-,23+/m1/s1. The molecule has 0 bridgehead atoms. The molecule has 5 heteroatoms. The van der Waals surface area contributed by atoms with Crippen molar-refractivity contribution >= 4 is 16.7 Å². The fourth-order valence-corrected chi connectivity index (χ4v) is 3.85. The highest BCUT2D eigenvalue weighted by Crippen LogP contribution is 2.31. The van der Waals surface area contributed by atoms with Crippen LogP contribution in [0, 0.1) is 5.41 Å². The minimum absolute atomic E-state index is 0.0347. The molecule has 0 aromatic heterocycles. The molecule has 0 aliphatic carbocycles. The van der Waals surface area contributed by atoms with Gasteiger partial charge in [-0.3, -0.25) is 13.9 Å². The first kappa shape index (κ1) is 18.1. The number of nitrogens with zero attached hydrogens (tertiary/aromatic N) is 1. The van der Waals surface area contributed by atoms with Crippen molar-refractivity contribution in [3.8, 4) is 0 Å². The summed E-state index contributed by atoms with van der Waals surface area (Å²) >= 11 is 0. The molecule has 4 nitrogen and oxygen atoms in total. The SMILES string of the molecule is C[C@H](C[S@](C)=O)NC(=O)C1(C)CCN(Cc2ccccc2)CC1. The largest absolute Gasteiger partial charge is 0.352 e. The molecule has 0 spiro atoms. The van der Waals surface area contributed by atoms with Crippen molar-refractivity contribution in [3.05, 3.63) is 35.9 Å². The van der Waals surface area contributed by atoms with Gasteiger partial charge in [0.25, 0.3) is 0 Å². The normalized spacial score (nSPS) is 20.7. The average molecular weight is 337 g/mol. The Hall–Kier alpha value is -1.20. The zero-order valence-corrected chi connectivity index (χ0v) is 15.2. The molecule has 2 rings (SSSR count). The third kappa shape index (κ3) is 5.43. The summed E-state index contributed by atoms with van der Waals surface area (Å²) in [4.78, 5) is 15.0. The number of benzene rings is 1. The fraction of sp³-hybridized carbons (Fsp3) is 0.611. The van der Waals surface area contributed by atoms with Gasteiger partial charge in [0.2, 0.25) is 5.91 Å². The third-order valence-corrected chi connectivity index (χ3v) is 5.59. The molecule has 0 radical (unpaired) electrons. The molecule has 1 aliphatic rings. The number of likely N-dealkylation sites (tertiary alicyclic amines) is 1. The summed E-state index contributed by atoms with van der Waals surface area (Å²) in [5.74, 6) is 0.622. The molecular formula is C18H28N2O2S. The van der Waals surface area contributed by atoms with E-state index in [1.807, 2.05) is 13.0 Å². The van der Waals surface area contributed by atoms with Crippen molar-refractivity contribution in [1.29, 1.82) is 0 Å². The van der Waals surface area contributed by atoms with Gasteiger partial charge < -0.3 is 5.32 Å². The van der Waals surface area contributed by atoms with Gasteiger partial charge >= 0.3 is 0 Å². The topological polar surface area (TPSA) is 49.4 Å². The molecule has 0 unspecified atom stereocenters. The Labute approximate surface area is 142 Å². The van der Waals surface area contributed by atoms with Gasteiger partial charge in [0.1, 0.15) is 0 Å². The van der Waals surface area contributed by atoms with E-state index in [1.165, 1.54) is 5.56 Å². The fourth-order valence-electron chi connectivity index (χ4n) is 3.07. The van der Waals surface area contributed by atoms with E-state index in [1.54, 1.807) is 6.26 Å². The Kier molecular flexibility index (Phi) is 6.36. The number of amides is 1. The van der Waals surface area contributed by atoms with Crippen molar-refractivity contribution in [3.63, 3.8) is 0 Å². The molecule has 1 aromatic rings. The van der Waals surface area contributed by atoms with Gasteiger partial charge in [0.15, 0.2) is 0 Å². The van der Waals surface area contributed by atoms with Gasteiger partial charge in [-0.2, -0.15) is 0 Å². The van der Waals surface area contributed by atoms with Crippen LogP contribution in [-0.2, 0) is 22.1 Å². The van der Waals surface area contributed by atoms with Crippen LogP contribution in [0.3, 0.4) is 0 Å². The van der Waals surface area contributed by atoms with Crippen LogP contribution in [0.15, 0.2) is 30.3 Å². The number of piperidine rings is 1. The Morgan fingerprint density at radius 3 is 2.48 bits per heavy atom. The molecule has 2 atom stereocenters. The summed E-state index contributed by atoms with van der Waals surface area (Å²) < 4.78 is 11.3. The summed E-state index contributed by atoms with van der Waals surface area (Å²) in [5, 5.41) is 3.04. The van der Waals surface area contributed by atoms with E-state index < -0.39 is 10.8 Å². The zero-order chi connectivity index (χ0) is 16.9. The molecule has 1 N–H and O–H groups in total. The lowest BCUT2D eigenvalue weighted by atomic mass is 9.79. The van der Waals surface area contributed by atoms with Crippen molar-refractivity contribution in [2.24, 2.45) is 5.41 Å². The van der Waals surface area contributed by atoms with Gasteiger partial charge in [-0.15, -0.1) is 0 Å². The smallest absolute Gasteiger partial charge is 0.226 e. The van der Waals surface area contributed by atoms with Gasteiger partial charge in [-0.25, -0.2) is 0 Å². The van der Waals surface area contributed by atoms with Crippen molar-refractivity contribution < 1.29 is 9.00 Å². The van der Waals surface area contributed by atoms with Crippen LogP contribution >= 0.6 is 0 Å². The highest BCUT2D eigenvalue weighted by atomic mass is 32.2. The van der Waals surface area contributed by atoms with Gasteiger partial charge in [-0.1, -0.05) is 37.3 Å². The van der Waals surface area contributed by atoms with Crippen LogP contribution in [0.5, 0.6) is 0 Å². The van der Waals surface area contributed by atoms with E-state index in [0.29, 0.717) is 5.75 Å². The van der Waals surface area contributed by atoms with Crippen molar-refractivity contribution in [2.45, 2.75) is 39.3 Å². The molecule has 0 saturated carbocycles. The van der Waals surface area contributed by atoms with E-state index in [9.17, 15) is 9.00 Å². The molecule has 1 heterocycles. The first-order valence-electron chi connectivity index (χ1n) is 8.26. The minimum Gasteiger partial charge on any atom is -0.352 e. The summed E-state index contributed by atoms with van der Waals surface area (Å²) in [6.07, 6.45) is 3.41. The first-order chi connectivity index (χ1) is 10.9. The Balaban J connectivity index is 1.84. The first-order valence-corrected chi connectivity index (χ1v) is 9.99. The van der Waals surface area contributed by atoms with Crippen LogP contribution in [0.4, 0.5) is 0 Å². The van der Waals surface area contributed by atoms with Crippen LogP contribution in [0.1, 0.15) is 32.3 Å². The number of carbonyl (C=O) groups excluding carboxylic acids is 1. The maximum Gasteiger partial charge on any atom is 0.226 e. The van der Waals surface area contributed by atoms with E-state index in [0.717, 1.165) is 32.5 Å². The molecule has 1 aromatic carbocycles. The minimum atomic E-state index is -0.882. The second-order valence-electron chi connectivity index (χ2n) is 6.94. The summed E-state index contributed by atoms with van der Waals surface area (Å²) in [7, 11) is -0.882. The number of hydrogen-bond acceptors (Lipinski definition) is 3. The number of nitrogens with one attached hydrogen (secondary N) is 1. The lowest BCUT2D eigenvalue weighted by molar-refractivity contribution is -0.133. The third-order valence-electron chi connectivity index (χ3n) is 4.62. The highest BCUT2D eigenvalue weighted by Gasteiger charge is 2.37. The van der Waals surface area contributed by atoms with E-state index >= 15 is 0 Å². The van der Waals surface area contributed by atoms with Crippen molar-refractivity contribution in [1.82, 2.24) is 10.2 Å². The molecule has 23 heavy (non-hydrogen) atoms. The maximum absolute atomic E-state index is 12.5. The van der Waals surface area contributed by atoms with Crippen LogP contribution < -0.4 is 5.32 Å². The monoisotopic (exact) mass is 336 g/mol. The highest BCUT2D eigenvalue weighted by molar-refractivity contribution is 7.84. The second kappa shape index (κ2) is 8.06. The van der Waals surface area contributed by atoms with Gasteiger partial charge in [0.05, 0.1) is 0 Å². The number of hydrogen-bond donors (Lipinski definition) is 1. The molecule has 1 saturated heterocycles. The van der Waals surface area contributed by atoms with Crippen molar-refractivity contribution in [2.75, 3.05) is 25.1 Å². The molecule has 128 valence electrons. The summed E-state index contributed by atoms with van der Waals surface area (Å²) in [5.41, 5.74) is 1.01. The Morgan fingerprint density at radius 1 is 1.30 bits per heavy atom. The van der Waals surface area contributed by atoms with Crippen LogP contribution in [-0.4, -0.2) is 46.2 Å². The summed E-state index contributed by atoms with van der Waals surface area (Å²) in [6, 6.07) is 10.4. The Morgan fingerprint density at radius 2 is 1.91 bits per heavy atom. The molecule has 1 amide bonds. The quantitative estimate of drug-likeness (QED) is 0.866. The molecule has 1 aliphatic heterocycles. The lowest BCUT2D eigenvalue weighted by Crippen LogP contribution is -2.49. The van der Waals surface area contributed by atoms with Gasteiger partial charge in [0, 0.05) is 40.8 Å². The van der Waals surface area contributed by atoms with E-state index in [2.05, 4.69) is 41.4 Å². The molecule has 1 fully saturated rings. The number of rotatable bonds is 6. The molecular weight excluding hydrogens is 308 g/mol. The predicted molar refractivity (Wildman–Crippen MR) is 95.6 cm³/mol. The zero-order valence-electron chi connectivity index (χ0n) is 14.4. The van der Waals surface area contributed by atoms with E-state index in [-0.39, 0.29) is 17.4 Å². The second-order valence-corrected chi connectivity index (χ2v) is 8.42. The maximum atomic E-state index is 12.5. The van der Waals surface area contributed by atoms with Crippen LogP contribution in [0.2, 0.25) is 0 Å².